The van der Waals surface area contributed by atoms with Gasteiger partial charge in [-0.15, -0.1) is 0 Å². The third kappa shape index (κ3) is 19.0. The van der Waals surface area contributed by atoms with Gasteiger partial charge in [-0.25, -0.2) is 19.2 Å². The second-order valence-electron chi connectivity index (χ2n) is 21.9. The number of hydrogen-bond acceptors (Lipinski definition) is 23. The Morgan fingerprint density at radius 3 is 1.85 bits per heavy atom. The number of amides is 5. The molecule has 11 N–H and O–H groups in total. The van der Waals surface area contributed by atoms with Gasteiger partial charge in [-0.2, -0.15) is 0 Å². The smallest absolute Gasteiger partial charge is 0.410 e. The van der Waals surface area contributed by atoms with Crippen molar-refractivity contribution in [2.75, 3.05) is 39.9 Å². The van der Waals surface area contributed by atoms with Crippen molar-refractivity contribution in [3.63, 3.8) is 0 Å². The number of benzene rings is 2. The first kappa shape index (κ1) is 64.8. The number of likely N-dealkylation sites (N-methyl/N-ethyl adjacent to an activating group) is 1. The Morgan fingerprint density at radius 1 is 0.790 bits per heavy atom. The highest BCUT2D eigenvalue weighted by molar-refractivity contribution is 5.82. The second kappa shape index (κ2) is 28.1. The van der Waals surface area contributed by atoms with E-state index in [0.717, 1.165) is 4.90 Å². The Bertz CT molecular complexity index is 2520. The topological polar surface area (TPSA) is 421 Å². The molecular weight excluding hydrogens is 1080 g/mol. The zero-order chi connectivity index (χ0) is 60.1. The van der Waals surface area contributed by atoms with Crippen LogP contribution in [0.1, 0.15) is 72.4 Å². The number of alkyl carbamates (subject to hydrolysis) is 3. The minimum atomic E-state index is -2.00. The van der Waals surface area contributed by atoms with Gasteiger partial charge >= 0.3 is 24.4 Å². The SMILES string of the molecule is CN(C(=O)OC(C)(C)C)[C@@H]1[C@@H](O)[C@@H](O[C@H]2[C@H](NC(=O)[C@H](O)CNC(=O)OC(C)(C)C)C[C@H](NC(=O)OCc3ccc([N+](=O)[O-])cc3)C([C@H]3OC(CNCC(O)CO)=CC[C@H]3NC(=O)OCc3ccc([N+](=O)[O-])cc3)[C@@H]2O)OC[C@]1(C)O. The molecule has 30 nitrogen and oxygen atoms in total. The fourth-order valence-corrected chi connectivity index (χ4v) is 9.18. The van der Waals surface area contributed by atoms with Crippen LogP contribution in [0.25, 0.3) is 0 Å². The van der Waals surface area contributed by atoms with E-state index in [0.29, 0.717) is 11.1 Å². The highest BCUT2D eigenvalue weighted by atomic mass is 16.7. The molecule has 2 heterocycles. The molecule has 0 radical (unpaired) electrons. The maximum Gasteiger partial charge on any atom is 0.410 e. The van der Waals surface area contributed by atoms with Gasteiger partial charge in [0.25, 0.3) is 17.3 Å². The molecule has 30 heteroatoms. The average Bonchev–Trinajstić information content (AvgIpc) is 3.38. The molecule has 0 aromatic heterocycles. The van der Waals surface area contributed by atoms with Gasteiger partial charge in [0, 0.05) is 49.8 Å². The van der Waals surface area contributed by atoms with Gasteiger partial charge in [0.1, 0.15) is 60.2 Å². The number of nitro groups is 2. The Hall–Kier alpha value is -7.03. The van der Waals surface area contributed by atoms with Crippen molar-refractivity contribution in [2.45, 2.75) is 158 Å². The summed E-state index contributed by atoms with van der Waals surface area (Å²) in [6.07, 6.45) is -15.3. The molecule has 2 unspecified atom stereocenters. The Morgan fingerprint density at radius 2 is 1.33 bits per heavy atom. The summed E-state index contributed by atoms with van der Waals surface area (Å²) in [6, 6.07) is 4.65. The van der Waals surface area contributed by atoms with E-state index < -0.39 is 163 Å². The van der Waals surface area contributed by atoms with Crippen LogP contribution in [0.5, 0.6) is 0 Å². The van der Waals surface area contributed by atoms with E-state index in [-0.39, 0.29) is 43.3 Å². The molecule has 5 amide bonds. The summed E-state index contributed by atoms with van der Waals surface area (Å²) in [5.41, 5.74) is -3.69. The van der Waals surface area contributed by atoms with Crippen LogP contribution in [0.4, 0.5) is 30.6 Å². The van der Waals surface area contributed by atoms with E-state index in [1.54, 1.807) is 47.6 Å². The van der Waals surface area contributed by atoms with E-state index in [1.165, 1.54) is 62.5 Å². The van der Waals surface area contributed by atoms with Crippen molar-refractivity contribution in [3.05, 3.63) is 91.7 Å². The molecule has 13 atom stereocenters. The quantitative estimate of drug-likeness (QED) is 0.0469. The van der Waals surface area contributed by atoms with Gasteiger partial charge < -0.3 is 95.3 Å². The van der Waals surface area contributed by atoms with Crippen molar-refractivity contribution < 1.29 is 97.6 Å². The number of nitro benzene ring substituents is 2. The fourth-order valence-electron chi connectivity index (χ4n) is 9.18. The fraction of sp³-hybridized carbons (Fsp3) is 0.627. The van der Waals surface area contributed by atoms with Crippen molar-refractivity contribution in [3.8, 4) is 0 Å². The summed E-state index contributed by atoms with van der Waals surface area (Å²) in [4.78, 5) is 89.9. The first-order chi connectivity index (χ1) is 37.9. The minimum absolute atomic E-state index is 0.0713. The zero-order valence-electron chi connectivity index (χ0n) is 46.0. The van der Waals surface area contributed by atoms with E-state index in [9.17, 15) is 74.8 Å². The van der Waals surface area contributed by atoms with Crippen LogP contribution in [0, 0.1) is 26.1 Å². The number of rotatable bonds is 21. The maximum absolute atomic E-state index is 14.0. The highest BCUT2D eigenvalue weighted by Crippen LogP contribution is 2.39. The monoisotopic (exact) mass is 1150 g/mol. The van der Waals surface area contributed by atoms with Gasteiger partial charge in [0.15, 0.2) is 6.29 Å². The molecule has 2 aliphatic heterocycles. The van der Waals surface area contributed by atoms with Gasteiger partial charge in [0.2, 0.25) is 0 Å². The van der Waals surface area contributed by atoms with Crippen LogP contribution in [-0.2, 0) is 51.2 Å². The minimum Gasteiger partial charge on any atom is -0.491 e. The summed E-state index contributed by atoms with van der Waals surface area (Å²) in [7, 11) is 1.26. The summed E-state index contributed by atoms with van der Waals surface area (Å²) in [6.45, 7) is 7.94. The van der Waals surface area contributed by atoms with E-state index in [1.807, 2.05) is 0 Å². The molecule has 1 saturated carbocycles. The third-order valence-electron chi connectivity index (χ3n) is 12.9. The molecule has 2 aromatic rings. The van der Waals surface area contributed by atoms with Crippen molar-refractivity contribution in [2.24, 2.45) is 5.92 Å². The highest BCUT2D eigenvalue weighted by Gasteiger charge is 2.56. The van der Waals surface area contributed by atoms with E-state index >= 15 is 0 Å². The molecule has 5 rings (SSSR count). The van der Waals surface area contributed by atoms with E-state index in [4.69, 9.17) is 33.2 Å². The molecule has 2 aromatic carbocycles. The number of carbonyl (C=O) groups is 5. The largest absolute Gasteiger partial charge is 0.491 e. The van der Waals surface area contributed by atoms with Crippen LogP contribution < -0.4 is 26.6 Å². The Kier molecular flexibility index (Phi) is 22.5. The van der Waals surface area contributed by atoms with Crippen molar-refractivity contribution in [1.82, 2.24) is 31.5 Å². The van der Waals surface area contributed by atoms with Gasteiger partial charge in [-0.3, -0.25) is 25.0 Å². The van der Waals surface area contributed by atoms with Crippen molar-refractivity contribution >= 4 is 41.7 Å². The number of non-ortho nitro benzene ring substituents is 2. The predicted octanol–water partition coefficient (Wildman–Crippen LogP) is 0.849. The third-order valence-corrected chi connectivity index (χ3v) is 12.9. The maximum atomic E-state index is 14.0. The summed E-state index contributed by atoms with van der Waals surface area (Å²) in [5, 5.41) is 103. The van der Waals surface area contributed by atoms with Gasteiger partial charge in [-0.05, 0) is 103 Å². The molecule has 2 fully saturated rings. The van der Waals surface area contributed by atoms with Crippen LogP contribution in [0.2, 0.25) is 0 Å². The van der Waals surface area contributed by atoms with Crippen LogP contribution >= 0.6 is 0 Å². The number of carbonyl (C=O) groups excluding carboxylic acids is 5. The summed E-state index contributed by atoms with van der Waals surface area (Å²) < 4.78 is 40.6. The predicted molar refractivity (Wildman–Crippen MR) is 279 cm³/mol. The number of nitrogens with one attached hydrogen (secondary N) is 5. The lowest BCUT2D eigenvalue weighted by Crippen LogP contribution is -2.71. The average molecular weight is 1150 g/mol. The number of nitrogens with zero attached hydrogens (tertiary/aromatic N) is 3. The molecule has 0 bridgehead atoms. The first-order valence-electron chi connectivity index (χ1n) is 25.8. The molecule has 81 heavy (non-hydrogen) atoms. The van der Waals surface area contributed by atoms with Crippen LogP contribution in [0.15, 0.2) is 60.4 Å². The molecule has 450 valence electrons. The van der Waals surface area contributed by atoms with Crippen LogP contribution in [0.3, 0.4) is 0 Å². The summed E-state index contributed by atoms with van der Waals surface area (Å²) in [5.74, 6) is -2.47. The zero-order valence-corrected chi connectivity index (χ0v) is 46.0. The normalized spacial score (nSPS) is 26.4. The van der Waals surface area contributed by atoms with Crippen LogP contribution in [-0.4, -0.2) is 199 Å². The molecule has 1 saturated heterocycles. The number of ether oxygens (including phenoxy) is 7. The Labute approximate surface area is 465 Å². The Balaban J connectivity index is 1.57. The molecular formula is C51H74N8O22. The molecule has 1 aliphatic carbocycles. The number of hydrogen-bond donors (Lipinski definition) is 11. The second-order valence-corrected chi connectivity index (χ2v) is 21.9. The van der Waals surface area contributed by atoms with E-state index in [2.05, 4.69) is 26.6 Å². The van der Waals surface area contributed by atoms with Gasteiger partial charge in [0.05, 0.1) is 66.5 Å². The lowest BCUT2D eigenvalue weighted by atomic mass is 9.72. The van der Waals surface area contributed by atoms with Gasteiger partial charge in [-0.1, -0.05) is 0 Å². The lowest BCUT2D eigenvalue weighted by Gasteiger charge is -2.52. The summed E-state index contributed by atoms with van der Waals surface area (Å²) >= 11 is 0. The molecule has 3 aliphatic rings. The number of aliphatic hydroxyl groups excluding tert-OH is 5. The lowest BCUT2D eigenvalue weighted by molar-refractivity contribution is -0.385. The first-order valence-corrected chi connectivity index (χ1v) is 25.8. The molecule has 0 spiro atoms. The standard InChI is InChI=1S/C51H74N8O22/c1-49(2,3)80-45(66)53-22-36(62)43(65)54-35-19-34(56-47(68)76-25-28-11-15-30(16-12-28)59(73)74)37(38(63)41(35)79-44-39(64)42(51(7,70)26-77-44)57(8)48(69)81-50(4,5)6)40-33(18-17-32(78-40)21-52-20-31(61)23-60)55-46(67)75-24-27-9-13-29(14-10-27)58(71)72/h9-17,31,33-42,44,52,60-64,70H,18-26H2,1-8H3,(H,53,66)(H,54,65)(H,55,67)(H,56,68)/t31?,33-,34+,35-,36-,37?,38+,39-,40+,41+,42-,44-,51+/m1/s1. The number of aliphatic hydroxyl groups is 6. The van der Waals surface area contributed by atoms with Crippen molar-refractivity contribution in [1.29, 1.82) is 0 Å².